The zero-order valence-corrected chi connectivity index (χ0v) is 8.62. The van der Waals surface area contributed by atoms with Crippen molar-refractivity contribution in [3.63, 3.8) is 0 Å². The highest BCUT2D eigenvalue weighted by Crippen LogP contribution is 1.99. The van der Waals surface area contributed by atoms with Gasteiger partial charge in [0.2, 0.25) is 0 Å². The molecule has 0 fully saturated rings. The Labute approximate surface area is 86.7 Å². The monoisotopic (exact) mass is 224 g/mol. The summed E-state index contributed by atoms with van der Waals surface area (Å²) in [5.41, 5.74) is 5.23. The van der Waals surface area contributed by atoms with Crippen molar-refractivity contribution in [2.45, 2.75) is 19.9 Å². The summed E-state index contributed by atoms with van der Waals surface area (Å²) in [5.74, 6) is -1.17. The van der Waals surface area contributed by atoms with Gasteiger partial charge in [0.25, 0.3) is 0 Å². The lowest BCUT2D eigenvalue weighted by molar-refractivity contribution is -0.730. The van der Waals surface area contributed by atoms with Gasteiger partial charge in [-0.15, -0.1) is 10.1 Å². The molecule has 0 aliphatic heterocycles. The van der Waals surface area contributed by atoms with E-state index in [1.54, 1.807) is 13.8 Å². The number of aliphatic hydroxyl groups is 2. The van der Waals surface area contributed by atoms with Gasteiger partial charge in [0.15, 0.2) is 0 Å². The molecule has 1 atom stereocenters. The van der Waals surface area contributed by atoms with Gasteiger partial charge in [-0.25, -0.2) is 4.84 Å². The molecule has 0 aromatic heterocycles. The van der Waals surface area contributed by atoms with Crippen LogP contribution in [0.2, 0.25) is 0 Å². The molecule has 4 N–H and O–H groups in total. The normalized spacial score (nSPS) is 11.3. The Morgan fingerprint density at radius 1 is 1.47 bits per heavy atom. The van der Waals surface area contributed by atoms with Gasteiger partial charge in [0, 0.05) is 0 Å². The number of nitrogens with zero attached hydrogens (tertiary/aromatic N) is 1. The Morgan fingerprint density at radius 3 is 2.07 bits per heavy atom. The summed E-state index contributed by atoms with van der Waals surface area (Å²) in [6, 6.07) is -0.930. The fourth-order valence-electron chi connectivity index (χ4n) is 0.406. The van der Waals surface area contributed by atoms with Crippen LogP contribution >= 0.6 is 0 Å². The first kappa shape index (κ1) is 16.2. The van der Waals surface area contributed by atoms with Crippen LogP contribution in [0, 0.1) is 16.0 Å². The molecule has 0 rings (SSSR count). The molecule has 8 nitrogen and oxygen atoms in total. The van der Waals surface area contributed by atoms with E-state index in [9.17, 15) is 14.9 Å². The van der Waals surface area contributed by atoms with Crippen LogP contribution in [0.25, 0.3) is 0 Å². The fraction of sp³-hybridized carbons (Fsp3) is 0.857. The molecule has 0 aliphatic carbocycles. The molecule has 0 saturated carbocycles. The number of aliphatic hydroxyl groups excluding tert-OH is 2. The van der Waals surface area contributed by atoms with Crippen LogP contribution in [0.4, 0.5) is 0 Å². The van der Waals surface area contributed by atoms with E-state index in [-0.39, 0.29) is 19.1 Å². The number of hydrogen-bond acceptors (Lipinski definition) is 7. The number of nitrogens with two attached hydrogens (primary N) is 1. The Hall–Kier alpha value is -1.25. The minimum atomic E-state index is -1.16. The zero-order chi connectivity index (χ0) is 12.4. The van der Waals surface area contributed by atoms with Crippen molar-refractivity contribution < 1.29 is 24.9 Å². The highest BCUT2D eigenvalue weighted by Gasteiger charge is 2.20. The summed E-state index contributed by atoms with van der Waals surface area (Å²) in [4.78, 5) is 23.9. The zero-order valence-electron chi connectivity index (χ0n) is 8.62. The second kappa shape index (κ2) is 9.31. The van der Waals surface area contributed by atoms with Crippen molar-refractivity contribution >= 4 is 5.97 Å². The average molecular weight is 224 g/mol. The van der Waals surface area contributed by atoms with Crippen molar-refractivity contribution in [3.05, 3.63) is 10.1 Å². The van der Waals surface area contributed by atoms with Crippen LogP contribution in [-0.4, -0.2) is 40.5 Å². The van der Waals surface area contributed by atoms with Crippen LogP contribution < -0.4 is 5.73 Å². The maximum atomic E-state index is 10.6. The lowest BCUT2D eigenvalue weighted by Crippen LogP contribution is -2.37. The molecule has 90 valence electrons. The molecular weight excluding hydrogens is 208 g/mol. The van der Waals surface area contributed by atoms with Crippen LogP contribution in [-0.2, 0) is 9.63 Å². The quantitative estimate of drug-likeness (QED) is 0.397. The van der Waals surface area contributed by atoms with Gasteiger partial charge in [-0.3, -0.25) is 4.79 Å². The minimum absolute atomic E-state index is 0.125. The van der Waals surface area contributed by atoms with Crippen molar-refractivity contribution in [1.29, 1.82) is 0 Å². The van der Waals surface area contributed by atoms with Crippen molar-refractivity contribution in [3.8, 4) is 0 Å². The van der Waals surface area contributed by atoms with Crippen molar-refractivity contribution in [2.24, 2.45) is 11.7 Å². The summed E-state index contributed by atoms with van der Waals surface area (Å²) in [7, 11) is 0. The second-order valence-electron chi connectivity index (χ2n) is 2.85. The Kier molecular flexibility index (Phi) is 10.0. The molecule has 0 aromatic carbocycles. The van der Waals surface area contributed by atoms with Gasteiger partial charge in [-0.05, 0) is 5.92 Å². The molecule has 0 radical (unpaired) electrons. The largest absolute Gasteiger partial charge is 0.394 e. The molecule has 0 saturated heterocycles. The maximum absolute atomic E-state index is 10.6. The minimum Gasteiger partial charge on any atom is -0.394 e. The molecular formula is C7H16N2O6. The molecule has 0 bridgehead atoms. The molecule has 0 heterocycles. The van der Waals surface area contributed by atoms with E-state index in [1.165, 1.54) is 0 Å². The Morgan fingerprint density at radius 2 is 1.87 bits per heavy atom. The summed E-state index contributed by atoms with van der Waals surface area (Å²) >= 11 is 0. The van der Waals surface area contributed by atoms with E-state index in [0.29, 0.717) is 0 Å². The smallest absolute Gasteiger partial charge is 0.320 e. The van der Waals surface area contributed by atoms with Gasteiger partial charge in [-0.2, -0.15) is 0 Å². The first-order valence-electron chi connectivity index (χ1n) is 4.20. The molecule has 0 unspecified atom stereocenters. The van der Waals surface area contributed by atoms with E-state index >= 15 is 0 Å². The lowest BCUT2D eigenvalue weighted by Gasteiger charge is -2.10. The topological polar surface area (TPSA) is 136 Å². The van der Waals surface area contributed by atoms with Crippen LogP contribution in [0.3, 0.4) is 0 Å². The van der Waals surface area contributed by atoms with E-state index in [4.69, 9.17) is 15.9 Å². The predicted molar refractivity (Wildman–Crippen MR) is 50.1 cm³/mol. The van der Waals surface area contributed by atoms with Gasteiger partial charge in [0.05, 0.1) is 19.3 Å². The number of rotatable bonds is 4. The third kappa shape index (κ3) is 10.7. The first-order chi connectivity index (χ1) is 6.86. The maximum Gasteiger partial charge on any atom is 0.320 e. The van der Waals surface area contributed by atoms with Gasteiger partial charge >= 0.3 is 11.1 Å². The molecule has 0 aliphatic rings. The summed E-state index contributed by atoms with van der Waals surface area (Å²) in [6.45, 7) is 3.09. The average Bonchev–Trinajstić information content (AvgIpc) is 2.15. The van der Waals surface area contributed by atoms with Crippen LogP contribution in [0.5, 0.6) is 0 Å². The third-order valence-electron chi connectivity index (χ3n) is 1.25. The molecule has 0 spiro atoms. The SMILES string of the molecule is CC(C)[C@H](N)C(=O)O[N+](=O)[O-].OCCO. The van der Waals surface area contributed by atoms with Gasteiger partial charge in [0.1, 0.15) is 0 Å². The summed E-state index contributed by atoms with van der Waals surface area (Å²) in [5, 5.41) is 23.7. The van der Waals surface area contributed by atoms with Crippen LogP contribution in [0.1, 0.15) is 13.8 Å². The standard InChI is InChI=1S/C5H10N2O4.C2H6O2/c1-3(2)4(6)5(8)11-7(9)10;3-1-2-4/h3-4H,6H2,1-2H3;3-4H,1-2H2/t4-;/m0./s1. The second-order valence-corrected chi connectivity index (χ2v) is 2.85. The van der Waals surface area contributed by atoms with E-state index < -0.39 is 17.1 Å². The van der Waals surface area contributed by atoms with Gasteiger partial charge in [-0.1, -0.05) is 13.8 Å². The number of hydrogen-bond donors (Lipinski definition) is 3. The van der Waals surface area contributed by atoms with E-state index in [1.807, 2.05) is 0 Å². The van der Waals surface area contributed by atoms with E-state index in [2.05, 4.69) is 4.84 Å². The Balaban J connectivity index is 0. The highest BCUT2D eigenvalue weighted by molar-refractivity contribution is 5.74. The number of carbonyl (C=O) groups excluding carboxylic acids is 1. The van der Waals surface area contributed by atoms with Crippen molar-refractivity contribution in [2.75, 3.05) is 13.2 Å². The van der Waals surface area contributed by atoms with Crippen LogP contribution in [0.15, 0.2) is 0 Å². The fourth-order valence-corrected chi connectivity index (χ4v) is 0.406. The summed E-state index contributed by atoms with van der Waals surface area (Å²) in [6.07, 6.45) is 0. The van der Waals surface area contributed by atoms with Crippen molar-refractivity contribution in [1.82, 2.24) is 0 Å². The molecule has 0 amide bonds. The molecule has 8 heteroatoms. The predicted octanol–water partition coefficient (Wildman–Crippen LogP) is -1.32. The Bertz CT molecular complexity index is 194. The summed E-state index contributed by atoms with van der Waals surface area (Å²) < 4.78 is 0. The molecule has 0 aromatic rings. The third-order valence-corrected chi connectivity index (χ3v) is 1.25. The first-order valence-corrected chi connectivity index (χ1v) is 4.20. The lowest BCUT2D eigenvalue weighted by atomic mass is 10.1. The van der Waals surface area contributed by atoms with E-state index in [0.717, 1.165) is 0 Å². The van der Waals surface area contributed by atoms with Gasteiger partial charge < -0.3 is 15.9 Å². The highest BCUT2D eigenvalue weighted by atomic mass is 17.0. The molecule has 15 heavy (non-hydrogen) atoms. The number of carbonyl (C=O) groups is 1.